The Bertz CT molecular complexity index is 497. The van der Waals surface area contributed by atoms with Crippen LogP contribution in [0.15, 0.2) is 0 Å². The van der Waals surface area contributed by atoms with Gasteiger partial charge in [-0.25, -0.2) is 4.79 Å². The average Bonchev–Trinajstić information content (AvgIpc) is 2.81. The number of carbonyl (C=O) groups excluding carboxylic acids is 4. The van der Waals surface area contributed by atoms with Crippen LogP contribution in [0.4, 0.5) is 0 Å². The van der Waals surface area contributed by atoms with Crippen LogP contribution in [0.25, 0.3) is 0 Å². The zero-order valence-electron chi connectivity index (χ0n) is 13.6. The number of nitrogens with zero attached hydrogens (tertiary/aromatic N) is 1. The maximum Gasteiger partial charge on any atom is 0.330 e. The van der Waals surface area contributed by atoms with Crippen molar-refractivity contribution < 1.29 is 28.7 Å². The number of hydrogen-bond acceptors (Lipinski definition) is 6. The first-order chi connectivity index (χ1) is 11.0. The zero-order chi connectivity index (χ0) is 17.0. The fraction of sp³-hybridized carbons (Fsp3) is 0.750. The van der Waals surface area contributed by atoms with Gasteiger partial charge < -0.3 is 14.4 Å². The number of amides is 1. The number of hydrogen-bond donors (Lipinski definition) is 0. The van der Waals surface area contributed by atoms with Crippen LogP contribution in [0.1, 0.15) is 46.0 Å². The first-order valence-corrected chi connectivity index (χ1v) is 8.22. The van der Waals surface area contributed by atoms with E-state index in [0.29, 0.717) is 0 Å². The molecule has 0 N–H and O–H groups in total. The van der Waals surface area contributed by atoms with Gasteiger partial charge in [0.25, 0.3) is 5.91 Å². The van der Waals surface area contributed by atoms with E-state index >= 15 is 0 Å². The maximum absolute atomic E-state index is 12.4. The molecule has 1 heterocycles. The highest BCUT2D eigenvalue weighted by Crippen LogP contribution is 2.33. The Morgan fingerprint density at radius 2 is 1.57 bits per heavy atom. The van der Waals surface area contributed by atoms with Crippen LogP contribution >= 0.6 is 0 Å². The van der Waals surface area contributed by atoms with Crippen molar-refractivity contribution in [3.05, 3.63) is 0 Å². The van der Waals surface area contributed by atoms with Crippen LogP contribution in [0.2, 0.25) is 0 Å². The van der Waals surface area contributed by atoms with Gasteiger partial charge in [-0.05, 0) is 26.7 Å². The minimum absolute atomic E-state index is 0.0791. The first-order valence-electron chi connectivity index (χ1n) is 8.22. The molecule has 2 fully saturated rings. The van der Waals surface area contributed by atoms with E-state index < -0.39 is 35.6 Å². The largest absolute Gasteiger partial charge is 0.465 e. The minimum Gasteiger partial charge on any atom is -0.465 e. The van der Waals surface area contributed by atoms with Crippen molar-refractivity contribution in [2.45, 2.75) is 58.0 Å². The standard InChI is InChI=1S/C16H23NO6/c1-3-22-15(20)11-12(16(21)23-4-2)17(14(19)13(11)18)10-8-6-5-7-9-10/h10-12H,3-9H2,1-2H3/t11-,12-/m0/s1. The highest BCUT2D eigenvalue weighted by molar-refractivity contribution is 6.43. The number of rotatable bonds is 5. The lowest BCUT2D eigenvalue weighted by Gasteiger charge is -2.34. The molecule has 7 heteroatoms. The van der Waals surface area contributed by atoms with Gasteiger partial charge in [-0.2, -0.15) is 0 Å². The van der Waals surface area contributed by atoms with Gasteiger partial charge in [-0.3, -0.25) is 14.4 Å². The van der Waals surface area contributed by atoms with E-state index in [1.165, 1.54) is 4.90 Å². The molecule has 1 saturated heterocycles. The second-order valence-corrected chi connectivity index (χ2v) is 5.80. The van der Waals surface area contributed by atoms with Crippen molar-refractivity contribution in [3.63, 3.8) is 0 Å². The Balaban J connectivity index is 2.33. The number of likely N-dealkylation sites (tertiary alicyclic amines) is 1. The van der Waals surface area contributed by atoms with E-state index in [2.05, 4.69) is 0 Å². The molecule has 1 saturated carbocycles. The van der Waals surface area contributed by atoms with Crippen molar-refractivity contribution >= 4 is 23.6 Å². The fourth-order valence-corrected chi connectivity index (χ4v) is 3.39. The lowest BCUT2D eigenvalue weighted by atomic mass is 9.92. The van der Waals surface area contributed by atoms with E-state index in [1.807, 2.05) is 0 Å². The number of carbonyl (C=O) groups is 4. The molecular weight excluding hydrogens is 302 g/mol. The molecule has 1 aliphatic heterocycles. The van der Waals surface area contributed by atoms with Crippen LogP contribution < -0.4 is 0 Å². The Morgan fingerprint density at radius 3 is 2.13 bits per heavy atom. The molecule has 7 nitrogen and oxygen atoms in total. The second-order valence-electron chi connectivity index (χ2n) is 5.80. The van der Waals surface area contributed by atoms with E-state index in [0.717, 1.165) is 32.1 Å². The fourth-order valence-electron chi connectivity index (χ4n) is 3.39. The van der Waals surface area contributed by atoms with E-state index in [-0.39, 0.29) is 19.3 Å². The van der Waals surface area contributed by atoms with Crippen LogP contribution in [0.5, 0.6) is 0 Å². The molecule has 23 heavy (non-hydrogen) atoms. The Kier molecular flexibility index (Phi) is 5.74. The van der Waals surface area contributed by atoms with Crippen molar-refractivity contribution in [1.29, 1.82) is 0 Å². The van der Waals surface area contributed by atoms with Gasteiger partial charge in [0.05, 0.1) is 13.2 Å². The van der Waals surface area contributed by atoms with Gasteiger partial charge in [0.1, 0.15) is 0 Å². The SMILES string of the molecule is CCOC(=O)[C@@H]1C(=O)C(=O)N(C2CCCCC2)[C@@H]1C(=O)OCC. The van der Waals surface area contributed by atoms with Crippen LogP contribution in [0, 0.1) is 5.92 Å². The zero-order valence-corrected chi connectivity index (χ0v) is 13.6. The molecule has 0 unspecified atom stereocenters. The van der Waals surface area contributed by atoms with E-state index in [9.17, 15) is 19.2 Å². The molecule has 1 amide bonds. The topological polar surface area (TPSA) is 90.0 Å². The summed E-state index contributed by atoms with van der Waals surface area (Å²) in [6.07, 6.45) is 4.39. The number of Topliss-reactive ketones (excluding diaryl/α,β-unsaturated/α-hetero) is 1. The summed E-state index contributed by atoms with van der Waals surface area (Å²) in [7, 11) is 0. The summed E-state index contributed by atoms with van der Waals surface area (Å²) >= 11 is 0. The van der Waals surface area contributed by atoms with Gasteiger partial charge >= 0.3 is 11.9 Å². The molecule has 2 aliphatic rings. The summed E-state index contributed by atoms with van der Waals surface area (Å²) in [6, 6.07) is -1.40. The van der Waals surface area contributed by atoms with Crippen molar-refractivity contribution in [2.24, 2.45) is 5.92 Å². The van der Waals surface area contributed by atoms with Gasteiger partial charge in [0.2, 0.25) is 5.78 Å². The lowest BCUT2D eigenvalue weighted by Crippen LogP contribution is -2.50. The number of ketones is 1. The Morgan fingerprint density at radius 1 is 1.00 bits per heavy atom. The lowest BCUT2D eigenvalue weighted by molar-refractivity contribution is -0.161. The number of esters is 2. The highest BCUT2D eigenvalue weighted by Gasteiger charge is 2.57. The molecular formula is C16H23NO6. The quantitative estimate of drug-likeness (QED) is 0.423. The van der Waals surface area contributed by atoms with Gasteiger partial charge in [-0.1, -0.05) is 19.3 Å². The molecule has 0 spiro atoms. The third-order valence-electron chi connectivity index (χ3n) is 4.38. The monoisotopic (exact) mass is 325 g/mol. The van der Waals surface area contributed by atoms with Gasteiger partial charge in [0.15, 0.2) is 12.0 Å². The molecule has 0 radical (unpaired) electrons. The third kappa shape index (κ3) is 3.38. The van der Waals surface area contributed by atoms with Crippen molar-refractivity contribution in [3.8, 4) is 0 Å². The smallest absolute Gasteiger partial charge is 0.330 e. The second kappa shape index (κ2) is 7.57. The molecule has 2 rings (SSSR count). The van der Waals surface area contributed by atoms with Crippen molar-refractivity contribution in [1.82, 2.24) is 4.90 Å². The normalized spacial score (nSPS) is 25.6. The van der Waals surface area contributed by atoms with Gasteiger partial charge in [0, 0.05) is 6.04 Å². The third-order valence-corrected chi connectivity index (χ3v) is 4.38. The molecule has 128 valence electrons. The summed E-state index contributed by atoms with van der Waals surface area (Å²) < 4.78 is 9.90. The van der Waals surface area contributed by atoms with Gasteiger partial charge in [-0.15, -0.1) is 0 Å². The predicted octanol–water partition coefficient (Wildman–Crippen LogP) is 0.841. The van der Waals surface area contributed by atoms with Crippen molar-refractivity contribution in [2.75, 3.05) is 13.2 Å². The van der Waals surface area contributed by atoms with Crippen LogP contribution in [0.3, 0.4) is 0 Å². The summed E-state index contributed by atoms with van der Waals surface area (Å²) in [5.74, 6) is -4.60. The first kappa shape index (κ1) is 17.4. The highest BCUT2D eigenvalue weighted by atomic mass is 16.5. The summed E-state index contributed by atoms with van der Waals surface area (Å²) in [6.45, 7) is 3.44. The molecule has 0 aromatic rings. The molecule has 0 bridgehead atoms. The summed E-state index contributed by atoms with van der Waals surface area (Å²) in [5.41, 5.74) is 0. The maximum atomic E-state index is 12.4. The molecule has 2 atom stereocenters. The number of ether oxygens (including phenoxy) is 2. The molecule has 0 aromatic carbocycles. The Hall–Kier alpha value is -1.92. The Labute approximate surface area is 135 Å². The summed E-state index contributed by atoms with van der Waals surface area (Å²) in [5, 5.41) is 0. The molecule has 0 aromatic heterocycles. The average molecular weight is 325 g/mol. The van der Waals surface area contributed by atoms with E-state index in [4.69, 9.17) is 9.47 Å². The van der Waals surface area contributed by atoms with E-state index in [1.54, 1.807) is 13.8 Å². The minimum atomic E-state index is -1.41. The molecule has 1 aliphatic carbocycles. The van der Waals surface area contributed by atoms with Crippen LogP contribution in [-0.2, 0) is 28.7 Å². The predicted molar refractivity (Wildman–Crippen MR) is 79.3 cm³/mol. The summed E-state index contributed by atoms with van der Waals surface area (Å²) in [4.78, 5) is 50.4. The van der Waals surface area contributed by atoms with Crippen LogP contribution in [-0.4, -0.2) is 53.8 Å².